The fourth-order valence-corrected chi connectivity index (χ4v) is 2.94. The molecule has 0 aromatic heterocycles. The van der Waals surface area contributed by atoms with Crippen molar-refractivity contribution in [3.8, 4) is 5.75 Å². The number of unbranched alkanes of at least 4 members (excludes halogenated alkanes) is 3. The number of ether oxygens (including phenoxy) is 1. The summed E-state index contributed by atoms with van der Waals surface area (Å²) in [5.74, 6) is 0.145. The molecule has 0 radical (unpaired) electrons. The van der Waals surface area contributed by atoms with E-state index in [0.717, 1.165) is 25.0 Å². The van der Waals surface area contributed by atoms with Crippen molar-refractivity contribution in [1.82, 2.24) is 0 Å². The molecule has 2 rings (SSSR count). The number of aliphatic carboxylic acids is 1. The van der Waals surface area contributed by atoms with Crippen molar-refractivity contribution in [3.05, 3.63) is 65.2 Å². The first-order chi connectivity index (χ1) is 12.7. The van der Waals surface area contributed by atoms with Crippen LogP contribution in [0.5, 0.6) is 5.75 Å². The summed E-state index contributed by atoms with van der Waals surface area (Å²) in [7, 11) is 0. The third-order valence-electron chi connectivity index (χ3n) is 4.50. The number of benzene rings is 2. The van der Waals surface area contributed by atoms with Gasteiger partial charge in [0.2, 0.25) is 0 Å². The molecule has 0 saturated carbocycles. The highest BCUT2D eigenvalue weighted by Gasteiger charge is 2.01. The van der Waals surface area contributed by atoms with Gasteiger partial charge in [0.1, 0.15) is 12.4 Å². The van der Waals surface area contributed by atoms with Gasteiger partial charge in [0.05, 0.1) is 0 Å². The number of hydrogen-bond donors (Lipinski definition) is 1. The van der Waals surface area contributed by atoms with Crippen molar-refractivity contribution in [2.45, 2.75) is 64.9 Å². The Kier molecular flexibility index (Phi) is 8.74. The first-order valence-corrected chi connectivity index (χ1v) is 9.68. The maximum Gasteiger partial charge on any atom is 0.303 e. The minimum Gasteiger partial charge on any atom is -0.489 e. The molecule has 0 aliphatic carbocycles. The Morgan fingerprint density at radius 1 is 0.885 bits per heavy atom. The third-order valence-corrected chi connectivity index (χ3v) is 4.50. The predicted octanol–water partition coefficient (Wildman–Crippen LogP) is 5.80. The highest BCUT2D eigenvalue weighted by atomic mass is 16.5. The van der Waals surface area contributed by atoms with E-state index in [4.69, 9.17) is 9.84 Å². The van der Waals surface area contributed by atoms with Gasteiger partial charge in [-0.25, -0.2) is 0 Å². The van der Waals surface area contributed by atoms with Gasteiger partial charge < -0.3 is 9.84 Å². The van der Waals surface area contributed by atoms with Gasteiger partial charge in [-0.15, -0.1) is 0 Å². The van der Waals surface area contributed by atoms with E-state index in [-0.39, 0.29) is 6.42 Å². The van der Waals surface area contributed by atoms with Crippen molar-refractivity contribution in [3.63, 3.8) is 0 Å². The monoisotopic (exact) mass is 354 g/mol. The lowest BCUT2D eigenvalue weighted by molar-refractivity contribution is -0.137. The van der Waals surface area contributed by atoms with Gasteiger partial charge >= 0.3 is 5.97 Å². The lowest BCUT2D eigenvalue weighted by Gasteiger charge is -2.09. The normalized spacial score (nSPS) is 10.7. The summed E-state index contributed by atoms with van der Waals surface area (Å²) in [6, 6.07) is 16.8. The van der Waals surface area contributed by atoms with Gasteiger partial charge in [-0.3, -0.25) is 4.79 Å². The topological polar surface area (TPSA) is 46.5 Å². The second-order valence-corrected chi connectivity index (χ2v) is 6.81. The van der Waals surface area contributed by atoms with E-state index >= 15 is 0 Å². The summed E-state index contributed by atoms with van der Waals surface area (Å²) >= 11 is 0. The smallest absolute Gasteiger partial charge is 0.303 e. The van der Waals surface area contributed by atoms with Gasteiger partial charge in [0, 0.05) is 6.42 Å². The fraction of sp³-hybridized carbons (Fsp3) is 0.435. The van der Waals surface area contributed by atoms with Crippen molar-refractivity contribution in [2.24, 2.45) is 0 Å². The van der Waals surface area contributed by atoms with E-state index in [1.54, 1.807) is 0 Å². The molecule has 0 unspecified atom stereocenters. The van der Waals surface area contributed by atoms with Gasteiger partial charge in [-0.2, -0.15) is 0 Å². The Hall–Kier alpha value is -2.29. The molecular formula is C23H30O3. The Labute approximate surface area is 157 Å². The molecule has 0 fully saturated rings. The molecule has 0 amide bonds. The molecule has 1 N–H and O–H groups in total. The molecule has 0 heterocycles. The first-order valence-electron chi connectivity index (χ1n) is 9.68. The Morgan fingerprint density at radius 2 is 1.58 bits per heavy atom. The summed E-state index contributed by atoms with van der Waals surface area (Å²) in [6.07, 6.45) is 7.67. The number of carbonyl (C=O) groups is 1. The van der Waals surface area contributed by atoms with Crippen LogP contribution in [0.2, 0.25) is 0 Å². The number of carboxylic acids is 1. The zero-order chi connectivity index (χ0) is 18.6. The van der Waals surface area contributed by atoms with Crippen LogP contribution in [0.4, 0.5) is 0 Å². The first kappa shape index (κ1) is 20.0. The van der Waals surface area contributed by atoms with E-state index in [0.29, 0.717) is 13.0 Å². The third kappa shape index (κ3) is 7.73. The number of aryl methyl sites for hydroxylation is 2. The second-order valence-electron chi connectivity index (χ2n) is 6.81. The van der Waals surface area contributed by atoms with E-state index in [1.165, 1.54) is 36.0 Å². The van der Waals surface area contributed by atoms with Crippen LogP contribution in [0.15, 0.2) is 48.5 Å². The van der Waals surface area contributed by atoms with E-state index < -0.39 is 5.97 Å². The summed E-state index contributed by atoms with van der Waals surface area (Å²) in [6.45, 7) is 2.79. The Bertz CT molecular complexity index is 661. The van der Waals surface area contributed by atoms with Gasteiger partial charge in [0.15, 0.2) is 0 Å². The van der Waals surface area contributed by atoms with Crippen LogP contribution in [0.25, 0.3) is 0 Å². The molecule has 0 saturated heterocycles. The molecule has 0 spiro atoms. The number of carboxylic acid groups (broad SMARTS) is 1. The van der Waals surface area contributed by atoms with Crippen LogP contribution >= 0.6 is 0 Å². The Morgan fingerprint density at radius 3 is 2.31 bits per heavy atom. The van der Waals surface area contributed by atoms with Crippen LogP contribution in [0, 0.1) is 0 Å². The van der Waals surface area contributed by atoms with Crippen LogP contribution < -0.4 is 4.74 Å². The summed E-state index contributed by atoms with van der Waals surface area (Å²) in [4.78, 5) is 10.6. The second kappa shape index (κ2) is 11.3. The van der Waals surface area contributed by atoms with Gasteiger partial charge in [0.25, 0.3) is 0 Å². The zero-order valence-electron chi connectivity index (χ0n) is 15.7. The zero-order valence-corrected chi connectivity index (χ0v) is 15.7. The molecule has 2 aromatic rings. The standard InChI is InChI=1S/C23H30O3/c1-2-3-4-8-19-13-15-21(16-14-19)18-26-22-11-7-10-20(17-22)9-5-6-12-23(24)25/h7,10-11,13-17H,2-6,8-9,12,18H2,1H3,(H,24,25). The van der Waals surface area contributed by atoms with Crippen LogP contribution in [-0.2, 0) is 24.2 Å². The Balaban J connectivity index is 1.78. The minimum absolute atomic E-state index is 0.241. The molecule has 26 heavy (non-hydrogen) atoms. The molecule has 0 aliphatic rings. The summed E-state index contributed by atoms with van der Waals surface area (Å²) in [5, 5.41) is 8.68. The highest BCUT2D eigenvalue weighted by molar-refractivity contribution is 5.66. The molecule has 3 nitrogen and oxygen atoms in total. The fourth-order valence-electron chi connectivity index (χ4n) is 2.94. The van der Waals surface area contributed by atoms with Crippen LogP contribution in [0.3, 0.4) is 0 Å². The van der Waals surface area contributed by atoms with E-state index in [9.17, 15) is 4.79 Å². The van der Waals surface area contributed by atoms with Gasteiger partial charge in [-0.1, -0.05) is 56.2 Å². The lowest BCUT2D eigenvalue weighted by atomic mass is 10.1. The summed E-state index contributed by atoms with van der Waals surface area (Å²) in [5.41, 5.74) is 3.76. The van der Waals surface area contributed by atoms with Crippen LogP contribution in [0.1, 0.15) is 62.1 Å². The van der Waals surface area contributed by atoms with Gasteiger partial charge in [-0.05, 0) is 60.9 Å². The molecule has 0 atom stereocenters. The maximum atomic E-state index is 10.6. The minimum atomic E-state index is -0.724. The molecule has 0 aliphatic heterocycles. The SMILES string of the molecule is CCCCCc1ccc(COc2cccc(CCCCC(=O)O)c2)cc1. The summed E-state index contributed by atoms with van der Waals surface area (Å²) < 4.78 is 5.92. The number of rotatable bonds is 12. The average molecular weight is 354 g/mol. The average Bonchev–Trinajstić information content (AvgIpc) is 2.65. The van der Waals surface area contributed by atoms with Crippen molar-refractivity contribution >= 4 is 5.97 Å². The molecule has 140 valence electrons. The predicted molar refractivity (Wildman–Crippen MR) is 106 cm³/mol. The maximum absolute atomic E-state index is 10.6. The van der Waals surface area contributed by atoms with E-state index in [2.05, 4.69) is 43.3 Å². The molecule has 2 aromatic carbocycles. The van der Waals surface area contributed by atoms with E-state index in [1.807, 2.05) is 12.1 Å². The largest absolute Gasteiger partial charge is 0.489 e. The highest BCUT2D eigenvalue weighted by Crippen LogP contribution is 2.18. The molecular weight excluding hydrogens is 324 g/mol. The molecule has 3 heteroatoms. The lowest BCUT2D eigenvalue weighted by Crippen LogP contribution is -1.97. The van der Waals surface area contributed by atoms with Crippen LogP contribution in [-0.4, -0.2) is 11.1 Å². The number of hydrogen-bond acceptors (Lipinski definition) is 2. The van der Waals surface area contributed by atoms with Crippen molar-refractivity contribution < 1.29 is 14.6 Å². The quantitative estimate of drug-likeness (QED) is 0.490. The van der Waals surface area contributed by atoms with Crippen molar-refractivity contribution in [2.75, 3.05) is 0 Å². The van der Waals surface area contributed by atoms with Crippen molar-refractivity contribution in [1.29, 1.82) is 0 Å². The molecule has 0 bridgehead atoms.